The maximum Gasteiger partial charge on any atom is 0.200 e. The number of para-hydroxylation sites is 1. The first-order valence-electron chi connectivity index (χ1n) is 9.74. The van der Waals surface area contributed by atoms with E-state index in [0.29, 0.717) is 46.3 Å². The van der Waals surface area contributed by atoms with Gasteiger partial charge in [-0.25, -0.2) is 0 Å². The van der Waals surface area contributed by atoms with Gasteiger partial charge in [0.2, 0.25) is 5.43 Å². The number of benzene rings is 3. The monoisotopic (exact) mass is 405 g/mol. The van der Waals surface area contributed by atoms with Crippen molar-refractivity contribution in [2.45, 2.75) is 18.4 Å². The molecule has 0 atom stereocenters. The molecule has 0 aliphatic heterocycles. The average molecular weight is 405 g/mol. The number of rotatable bonds is 7. The van der Waals surface area contributed by atoms with Gasteiger partial charge in [0, 0.05) is 0 Å². The van der Waals surface area contributed by atoms with Crippen LogP contribution in [0.3, 0.4) is 0 Å². The van der Waals surface area contributed by atoms with Crippen LogP contribution in [0.2, 0.25) is 0 Å². The van der Waals surface area contributed by atoms with Crippen molar-refractivity contribution in [3.05, 3.63) is 82.5 Å². The molecule has 0 aliphatic carbocycles. The summed E-state index contributed by atoms with van der Waals surface area (Å²) >= 11 is 0. The van der Waals surface area contributed by atoms with Crippen LogP contribution in [0.5, 0.6) is 11.5 Å². The number of hydrogen-bond acceptors (Lipinski definition) is 6. The molecule has 4 rings (SSSR count). The average Bonchev–Trinajstić information content (AvgIpc) is 2.78. The Morgan fingerprint density at radius 3 is 2.37 bits per heavy atom. The van der Waals surface area contributed by atoms with Crippen LogP contribution in [0.4, 0.5) is 0 Å². The van der Waals surface area contributed by atoms with E-state index in [9.17, 15) is 15.0 Å². The van der Waals surface area contributed by atoms with Crippen molar-refractivity contribution < 1.29 is 19.4 Å². The van der Waals surface area contributed by atoms with Gasteiger partial charge < -0.3 is 25.1 Å². The molecule has 0 amide bonds. The Kier molecular flexibility index (Phi) is 5.55. The minimum Gasteiger partial charge on any atom is -0.457 e. The van der Waals surface area contributed by atoms with E-state index in [-0.39, 0.29) is 18.6 Å². The molecule has 3 aromatic carbocycles. The number of ether oxygens (including phenoxy) is 1. The summed E-state index contributed by atoms with van der Waals surface area (Å²) in [4.78, 5) is 13.0. The van der Waals surface area contributed by atoms with Gasteiger partial charge in [0.25, 0.3) is 0 Å². The lowest BCUT2D eigenvalue weighted by atomic mass is 9.93. The van der Waals surface area contributed by atoms with Gasteiger partial charge in [0.05, 0.1) is 29.5 Å². The fourth-order valence-corrected chi connectivity index (χ4v) is 3.32. The van der Waals surface area contributed by atoms with Gasteiger partial charge in [0.1, 0.15) is 22.7 Å². The molecule has 0 saturated heterocycles. The minimum atomic E-state index is -1.03. The van der Waals surface area contributed by atoms with Crippen LogP contribution >= 0.6 is 0 Å². The van der Waals surface area contributed by atoms with Crippen LogP contribution in [-0.2, 0) is 6.42 Å². The summed E-state index contributed by atoms with van der Waals surface area (Å²) in [5.41, 5.74) is 6.64. The van der Waals surface area contributed by atoms with Crippen LogP contribution in [0.15, 0.2) is 75.9 Å². The summed E-state index contributed by atoms with van der Waals surface area (Å²) in [6, 6.07) is 19.9. The fourth-order valence-electron chi connectivity index (χ4n) is 3.32. The standard InChI is InChI=1S/C24H23NO5/c25-24(14-26,15-27)11-10-16-6-8-19-22(12-16)30-21-9-7-18(13-20(21)23(19)28)29-17-4-2-1-3-5-17/h1-9,12-13,26-27H,10-11,14-15,25H2. The van der Waals surface area contributed by atoms with Crippen LogP contribution in [0.25, 0.3) is 21.9 Å². The zero-order valence-corrected chi connectivity index (χ0v) is 16.4. The summed E-state index contributed by atoms with van der Waals surface area (Å²) in [5, 5.41) is 19.6. The number of aryl methyl sites for hydroxylation is 1. The quantitative estimate of drug-likeness (QED) is 0.407. The Hall–Kier alpha value is -3.19. The molecule has 154 valence electrons. The first-order chi connectivity index (χ1) is 14.5. The lowest BCUT2D eigenvalue weighted by Gasteiger charge is -2.24. The second-order valence-corrected chi connectivity index (χ2v) is 7.51. The number of aliphatic hydroxyl groups is 2. The highest BCUT2D eigenvalue weighted by molar-refractivity contribution is 5.90. The van der Waals surface area contributed by atoms with Crippen LogP contribution in [-0.4, -0.2) is 29.0 Å². The Morgan fingerprint density at radius 1 is 0.867 bits per heavy atom. The van der Waals surface area contributed by atoms with E-state index in [1.165, 1.54) is 0 Å². The smallest absolute Gasteiger partial charge is 0.200 e. The molecular formula is C24H23NO5. The molecule has 1 aromatic heterocycles. The Labute approximate surface area is 173 Å². The summed E-state index contributed by atoms with van der Waals surface area (Å²) in [5.74, 6) is 1.25. The van der Waals surface area contributed by atoms with Crippen molar-refractivity contribution in [1.29, 1.82) is 0 Å². The summed E-state index contributed by atoms with van der Waals surface area (Å²) in [6.07, 6.45) is 0.947. The fraction of sp³-hybridized carbons (Fsp3) is 0.208. The van der Waals surface area contributed by atoms with Gasteiger partial charge >= 0.3 is 0 Å². The molecule has 0 spiro atoms. The second kappa shape index (κ2) is 8.28. The van der Waals surface area contributed by atoms with E-state index in [1.54, 1.807) is 30.3 Å². The van der Waals surface area contributed by atoms with E-state index < -0.39 is 5.54 Å². The predicted molar refractivity (Wildman–Crippen MR) is 116 cm³/mol. The van der Waals surface area contributed by atoms with Crippen LogP contribution < -0.4 is 15.9 Å². The molecular weight excluding hydrogens is 382 g/mol. The molecule has 4 aromatic rings. The van der Waals surface area contributed by atoms with Crippen molar-refractivity contribution in [2.75, 3.05) is 13.2 Å². The van der Waals surface area contributed by atoms with Gasteiger partial charge in [-0.1, -0.05) is 24.3 Å². The molecule has 0 saturated carbocycles. The number of nitrogens with two attached hydrogens (primary N) is 1. The molecule has 6 nitrogen and oxygen atoms in total. The third-order valence-electron chi connectivity index (χ3n) is 5.23. The number of fused-ring (bicyclic) bond motifs is 2. The maximum absolute atomic E-state index is 13.0. The zero-order chi connectivity index (χ0) is 21.1. The van der Waals surface area contributed by atoms with E-state index in [4.69, 9.17) is 14.9 Å². The normalized spacial score (nSPS) is 11.8. The van der Waals surface area contributed by atoms with Gasteiger partial charge in [-0.2, -0.15) is 0 Å². The van der Waals surface area contributed by atoms with Gasteiger partial charge in [0.15, 0.2) is 0 Å². The lowest BCUT2D eigenvalue weighted by Crippen LogP contribution is -2.47. The largest absolute Gasteiger partial charge is 0.457 e. The molecule has 6 heteroatoms. The highest BCUT2D eigenvalue weighted by Gasteiger charge is 2.22. The summed E-state index contributed by atoms with van der Waals surface area (Å²) in [7, 11) is 0. The van der Waals surface area contributed by atoms with E-state index in [1.807, 2.05) is 36.4 Å². The summed E-state index contributed by atoms with van der Waals surface area (Å²) in [6.45, 7) is -0.603. The third-order valence-corrected chi connectivity index (χ3v) is 5.23. The molecule has 0 radical (unpaired) electrons. The van der Waals surface area contributed by atoms with Crippen molar-refractivity contribution in [2.24, 2.45) is 5.73 Å². The van der Waals surface area contributed by atoms with Crippen molar-refractivity contribution >= 4 is 21.9 Å². The Bertz CT molecular complexity index is 1230. The van der Waals surface area contributed by atoms with Crippen molar-refractivity contribution in [3.8, 4) is 11.5 Å². The molecule has 0 unspecified atom stereocenters. The number of aliphatic hydroxyl groups excluding tert-OH is 2. The Morgan fingerprint density at radius 2 is 1.63 bits per heavy atom. The zero-order valence-electron chi connectivity index (χ0n) is 16.4. The molecule has 0 bridgehead atoms. The topological polar surface area (TPSA) is 106 Å². The van der Waals surface area contributed by atoms with Crippen molar-refractivity contribution in [1.82, 2.24) is 0 Å². The second-order valence-electron chi connectivity index (χ2n) is 7.51. The molecule has 0 aliphatic rings. The molecule has 1 heterocycles. The van der Waals surface area contributed by atoms with E-state index in [2.05, 4.69) is 0 Å². The first kappa shape index (κ1) is 20.1. The van der Waals surface area contributed by atoms with Gasteiger partial charge in [-0.3, -0.25) is 4.79 Å². The van der Waals surface area contributed by atoms with Crippen LogP contribution in [0.1, 0.15) is 12.0 Å². The lowest BCUT2D eigenvalue weighted by molar-refractivity contribution is 0.115. The molecule has 4 N–H and O–H groups in total. The molecule has 0 fully saturated rings. The third kappa shape index (κ3) is 4.07. The van der Waals surface area contributed by atoms with E-state index in [0.717, 1.165) is 5.56 Å². The highest BCUT2D eigenvalue weighted by atomic mass is 16.5. The maximum atomic E-state index is 13.0. The van der Waals surface area contributed by atoms with E-state index >= 15 is 0 Å². The summed E-state index contributed by atoms with van der Waals surface area (Å²) < 4.78 is 11.8. The minimum absolute atomic E-state index is 0.129. The first-order valence-corrected chi connectivity index (χ1v) is 9.74. The predicted octanol–water partition coefficient (Wildman–Crippen LogP) is 3.35. The van der Waals surface area contributed by atoms with Gasteiger partial charge in [-0.15, -0.1) is 0 Å². The SMILES string of the molecule is NC(CO)(CO)CCc1ccc2c(=O)c3cc(Oc4ccccc4)ccc3oc2c1. The Balaban J connectivity index is 1.67. The van der Waals surface area contributed by atoms with Gasteiger partial charge in [-0.05, 0) is 60.9 Å². The molecule has 30 heavy (non-hydrogen) atoms. The highest BCUT2D eigenvalue weighted by Crippen LogP contribution is 2.27. The number of hydrogen-bond donors (Lipinski definition) is 3. The van der Waals surface area contributed by atoms with Crippen LogP contribution in [0, 0.1) is 0 Å². The van der Waals surface area contributed by atoms with Crippen molar-refractivity contribution in [3.63, 3.8) is 0 Å².